The molecule has 1 aromatic carbocycles. The van der Waals surface area contributed by atoms with Crippen molar-refractivity contribution in [3.8, 4) is 0 Å². The van der Waals surface area contributed by atoms with Crippen LogP contribution in [-0.2, 0) is 19.1 Å². The van der Waals surface area contributed by atoms with E-state index in [9.17, 15) is 14.4 Å². The number of thioether (sulfide) groups is 1. The fourth-order valence-corrected chi connectivity index (χ4v) is 8.37. The first-order valence-electron chi connectivity index (χ1n) is 15.5. The van der Waals surface area contributed by atoms with Crippen LogP contribution in [0.2, 0.25) is 0 Å². The lowest BCUT2D eigenvalue weighted by Gasteiger charge is -2.38. The standard InChI is InChI=1S/C32H44N4O4S/c1-20-9-7-12-24(21(20)2)34-30(38)28-32-14-13-25(40-32)26(29(37)33-22-10-8-11-23(19-22)41-3)27(32)31(39)36(28)18-17-35-15-5-4-6-16-35/h8,10-11,13-14,19-21,24-28H,4-7,9,12,15-18H2,1-3H3,(H,33,37)(H,34,38)/t20?,21?,24?,25-,26?,27-,28?,32?/m0/s1. The third-order valence-corrected chi connectivity index (χ3v) is 11.1. The summed E-state index contributed by atoms with van der Waals surface area (Å²) < 4.78 is 6.55. The van der Waals surface area contributed by atoms with Crippen molar-refractivity contribution in [2.75, 3.05) is 37.8 Å². The summed E-state index contributed by atoms with van der Waals surface area (Å²) >= 11 is 1.61. The number of carbonyl (C=O) groups excluding carboxylic acids is 3. The molecule has 3 amide bonds. The Morgan fingerprint density at radius 2 is 1.88 bits per heavy atom. The van der Waals surface area contributed by atoms with E-state index in [1.807, 2.05) is 42.7 Å². The van der Waals surface area contributed by atoms with E-state index in [2.05, 4.69) is 29.4 Å². The van der Waals surface area contributed by atoms with Gasteiger partial charge in [0.05, 0.1) is 17.9 Å². The molecule has 4 heterocycles. The van der Waals surface area contributed by atoms with Crippen molar-refractivity contribution < 1.29 is 19.1 Å². The smallest absolute Gasteiger partial charge is 0.246 e. The molecule has 0 aromatic heterocycles. The normalized spacial score (nSPS) is 36.4. The number of hydrogen-bond acceptors (Lipinski definition) is 6. The minimum absolute atomic E-state index is 0.0751. The molecule has 6 rings (SSSR count). The van der Waals surface area contributed by atoms with E-state index in [0.29, 0.717) is 24.1 Å². The van der Waals surface area contributed by atoms with Gasteiger partial charge in [0.25, 0.3) is 0 Å². The van der Waals surface area contributed by atoms with E-state index < -0.39 is 29.6 Å². The Balaban J connectivity index is 1.27. The zero-order valence-electron chi connectivity index (χ0n) is 24.5. The van der Waals surface area contributed by atoms with Gasteiger partial charge in [-0.2, -0.15) is 0 Å². The molecule has 6 unspecified atom stereocenters. The fraction of sp³-hybridized carbons (Fsp3) is 0.656. The minimum atomic E-state index is -1.12. The number of anilines is 1. The van der Waals surface area contributed by atoms with E-state index >= 15 is 0 Å². The van der Waals surface area contributed by atoms with Crippen molar-refractivity contribution in [1.29, 1.82) is 0 Å². The number of fused-ring (bicyclic) bond motifs is 1. The Bertz CT molecular complexity index is 1200. The highest BCUT2D eigenvalue weighted by Gasteiger charge is 2.72. The molecule has 4 fully saturated rings. The zero-order valence-corrected chi connectivity index (χ0v) is 25.3. The van der Waals surface area contributed by atoms with E-state index in [1.54, 1.807) is 16.7 Å². The molecule has 8 atom stereocenters. The molecule has 0 radical (unpaired) electrons. The van der Waals surface area contributed by atoms with Gasteiger partial charge in [0.15, 0.2) is 0 Å². The summed E-state index contributed by atoms with van der Waals surface area (Å²) in [7, 11) is 0. The van der Waals surface area contributed by atoms with Gasteiger partial charge in [-0.25, -0.2) is 0 Å². The average Bonchev–Trinajstić information content (AvgIpc) is 3.62. The second-order valence-corrected chi connectivity index (χ2v) is 13.6. The van der Waals surface area contributed by atoms with Crippen LogP contribution in [0.25, 0.3) is 0 Å². The number of nitrogens with zero attached hydrogens (tertiary/aromatic N) is 2. The van der Waals surface area contributed by atoms with Gasteiger partial charge in [-0.05, 0) is 68.6 Å². The molecule has 2 bridgehead atoms. The molecule has 2 N–H and O–H groups in total. The third kappa shape index (κ3) is 5.23. The summed E-state index contributed by atoms with van der Waals surface area (Å²) in [5.74, 6) is -1.02. The zero-order chi connectivity index (χ0) is 28.7. The van der Waals surface area contributed by atoms with Crippen molar-refractivity contribution in [1.82, 2.24) is 15.1 Å². The summed E-state index contributed by atoms with van der Waals surface area (Å²) in [6, 6.07) is 7.00. The monoisotopic (exact) mass is 580 g/mol. The lowest BCUT2D eigenvalue weighted by atomic mass is 9.73. The SMILES string of the molecule is CSc1cccc(NC(=O)C2[C@@H]3C=CC4(O3)C(C(=O)NC3CCCC(C)C3C)N(CCN3CCCCC3)C(=O)[C@H]24)c1. The summed E-state index contributed by atoms with van der Waals surface area (Å²) in [6.45, 7) is 7.68. The second kappa shape index (κ2) is 11.7. The summed E-state index contributed by atoms with van der Waals surface area (Å²) in [5, 5.41) is 6.40. The van der Waals surface area contributed by atoms with Crippen LogP contribution in [0.1, 0.15) is 52.4 Å². The summed E-state index contributed by atoms with van der Waals surface area (Å²) in [5.41, 5.74) is -0.426. The molecule has 8 nitrogen and oxygen atoms in total. The summed E-state index contributed by atoms with van der Waals surface area (Å²) in [4.78, 5) is 47.4. The molecular formula is C32H44N4O4S. The predicted octanol–water partition coefficient (Wildman–Crippen LogP) is 3.92. The molecule has 3 saturated heterocycles. The summed E-state index contributed by atoms with van der Waals surface area (Å²) in [6.07, 6.45) is 12.0. The Kier molecular flexibility index (Phi) is 8.22. The molecule has 9 heteroatoms. The Morgan fingerprint density at radius 3 is 2.66 bits per heavy atom. The number of benzene rings is 1. The average molecular weight is 581 g/mol. The van der Waals surface area contributed by atoms with Crippen LogP contribution in [0.15, 0.2) is 41.3 Å². The highest BCUT2D eigenvalue weighted by atomic mass is 32.2. The third-order valence-electron chi connectivity index (χ3n) is 10.4. The largest absolute Gasteiger partial charge is 0.359 e. The van der Waals surface area contributed by atoms with Gasteiger partial charge in [-0.1, -0.05) is 51.3 Å². The first-order valence-corrected chi connectivity index (χ1v) is 16.7. The van der Waals surface area contributed by atoms with Crippen LogP contribution in [-0.4, -0.2) is 83.7 Å². The minimum Gasteiger partial charge on any atom is -0.359 e. The molecular weight excluding hydrogens is 536 g/mol. The van der Waals surface area contributed by atoms with Crippen molar-refractivity contribution >= 4 is 35.2 Å². The van der Waals surface area contributed by atoms with Crippen LogP contribution in [0, 0.1) is 23.7 Å². The molecule has 222 valence electrons. The highest BCUT2D eigenvalue weighted by Crippen LogP contribution is 2.55. The number of rotatable bonds is 8. The highest BCUT2D eigenvalue weighted by molar-refractivity contribution is 7.98. The number of piperidine rings is 1. The molecule has 1 spiro atoms. The maximum atomic E-state index is 14.3. The molecule has 1 aromatic rings. The molecule has 41 heavy (non-hydrogen) atoms. The van der Waals surface area contributed by atoms with Crippen LogP contribution < -0.4 is 10.6 Å². The van der Waals surface area contributed by atoms with Crippen molar-refractivity contribution in [3.63, 3.8) is 0 Å². The van der Waals surface area contributed by atoms with Gasteiger partial charge < -0.3 is 25.2 Å². The van der Waals surface area contributed by atoms with Crippen LogP contribution in [0.3, 0.4) is 0 Å². The van der Waals surface area contributed by atoms with Crippen molar-refractivity contribution in [2.45, 2.75) is 81.1 Å². The van der Waals surface area contributed by atoms with E-state index in [1.165, 1.54) is 12.8 Å². The maximum absolute atomic E-state index is 14.3. The Hall–Kier alpha value is -2.36. The van der Waals surface area contributed by atoms with Gasteiger partial charge in [0, 0.05) is 29.7 Å². The second-order valence-electron chi connectivity index (χ2n) is 12.7. The van der Waals surface area contributed by atoms with Gasteiger partial charge in [-0.15, -0.1) is 11.8 Å². The lowest BCUT2D eigenvalue weighted by molar-refractivity contribution is -0.142. The number of likely N-dealkylation sites (tertiary alicyclic amines) is 2. The molecule has 1 aliphatic carbocycles. The predicted molar refractivity (Wildman–Crippen MR) is 160 cm³/mol. The van der Waals surface area contributed by atoms with Crippen LogP contribution in [0.5, 0.6) is 0 Å². The Labute approximate surface area is 248 Å². The molecule has 4 aliphatic heterocycles. The first-order chi connectivity index (χ1) is 19.8. The number of nitrogens with one attached hydrogen (secondary N) is 2. The van der Waals surface area contributed by atoms with E-state index in [4.69, 9.17) is 4.74 Å². The van der Waals surface area contributed by atoms with Gasteiger partial charge >= 0.3 is 0 Å². The number of carbonyl (C=O) groups is 3. The lowest BCUT2D eigenvalue weighted by Crippen LogP contribution is -2.58. The van der Waals surface area contributed by atoms with Crippen LogP contribution in [0.4, 0.5) is 5.69 Å². The number of hydrogen-bond donors (Lipinski definition) is 2. The van der Waals surface area contributed by atoms with Crippen molar-refractivity contribution in [3.05, 3.63) is 36.4 Å². The van der Waals surface area contributed by atoms with Gasteiger partial charge in [0.2, 0.25) is 17.7 Å². The molecule has 1 saturated carbocycles. The van der Waals surface area contributed by atoms with E-state index in [0.717, 1.165) is 50.2 Å². The van der Waals surface area contributed by atoms with Gasteiger partial charge in [0.1, 0.15) is 11.6 Å². The Morgan fingerprint density at radius 1 is 1.07 bits per heavy atom. The molecule has 5 aliphatic rings. The fourth-order valence-electron chi connectivity index (χ4n) is 7.91. The topological polar surface area (TPSA) is 91.0 Å². The van der Waals surface area contributed by atoms with E-state index in [-0.39, 0.29) is 23.8 Å². The maximum Gasteiger partial charge on any atom is 0.246 e. The number of ether oxygens (including phenoxy) is 1. The van der Waals surface area contributed by atoms with Crippen LogP contribution >= 0.6 is 11.8 Å². The quantitative estimate of drug-likeness (QED) is 0.358. The number of amides is 3. The van der Waals surface area contributed by atoms with Crippen molar-refractivity contribution in [2.24, 2.45) is 23.7 Å². The first kappa shape index (κ1) is 28.7. The van der Waals surface area contributed by atoms with Gasteiger partial charge in [-0.3, -0.25) is 14.4 Å².